The molecule has 2 aromatic rings. The second kappa shape index (κ2) is 8.91. The highest BCUT2D eigenvalue weighted by molar-refractivity contribution is 8.01. The van der Waals surface area contributed by atoms with Gasteiger partial charge in [0.05, 0.1) is 6.54 Å². The van der Waals surface area contributed by atoms with Crippen LogP contribution in [0.2, 0.25) is 0 Å². The summed E-state index contributed by atoms with van der Waals surface area (Å²) in [5.74, 6) is 1.06. The number of guanidine groups is 1. The molecule has 6 heteroatoms. The monoisotopic (exact) mass is 408 g/mol. The molecule has 0 saturated heterocycles. The first kappa shape index (κ1) is 19.8. The number of hydrogen-bond donors (Lipinski definition) is 3. The fourth-order valence-corrected chi connectivity index (χ4v) is 4.87. The van der Waals surface area contributed by atoms with Gasteiger partial charge in [-0.2, -0.15) is 0 Å². The van der Waals surface area contributed by atoms with E-state index in [0.29, 0.717) is 13.0 Å². The average molecular weight is 409 g/mol. The SMILES string of the molecule is CCNC(=NCC1(Sc2ccccc2)CC1)NCC1CC(=O)Nc2ccccc21. The van der Waals surface area contributed by atoms with Crippen LogP contribution in [0.1, 0.15) is 37.7 Å². The number of hydrogen-bond acceptors (Lipinski definition) is 3. The Morgan fingerprint density at radius 3 is 2.66 bits per heavy atom. The molecule has 0 radical (unpaired) electrons. The smallest absolute Gasteiger partial charge is 0.225 e. The molecule has 0 spiro atoms. The third-order valence-corrected chi connectivity index (χ3v) is 6.86. The maximum Gasteiger partial charge on any atom is 0.225 e. The van der Waals surface area contributed by atoms with E-state index in [1.165, 1.54) is 23.3 Å². The van der Waals surface area contributed by atoms with Crippen LogP contribution in [0, 0.1) is 0 Å². The van der Waals surface area contributed by atoms with E-state index < -0.39 is 0 Å². The molecule has 2 aliphatic rings. The molecule has 5 nitrogen and oxygen atoms in total. The summed E-state index contributed by atoms with van der Waals surface area (Å²) in [4.78, 5) is 18.2. The van der Waals surface area contributed by atoms with Crippen molar-refractivity contribution in [2.45, 2.75) is 41.7 Å². The van der Waals surface area contributed by atoms with Crippen LogP contribution in [0.4, 0.5) is 5.69 Å². The normalized spacial score (nSPS) is 19.8. The Bertz CT molecular complexity index is 879. The minimum Gasteiger partial charge on any atom is -0.357 e. The van der Waals surface area contributed by atoms with Crippen molar-refractivity contribution in [3.05, 3.63) is 60.2 Å². The summed E-state index contributed by atoms with van der Waals surface area (Å²) in [6, 6.07) is 18.6. The minimum absolute atomic E-state index is 0.0774. The van der Waals surface area contributed by atoms with E-state index >= 15 is 0 Å². The van der Waals surface area contributed by atoms with Gasteiger partial charge in [0, 0.05) is 40.8 Å². The fraction of sp³-hybridized carbons (Fsp3) is 0.391. The zero-order valence-corrected chi connectivity index (χ0v) is 17.6. The van der Waals surface area contributed by atoms with E-state index in [9.17, 15) is 4.79 Å². The Morgan fingerprint density at radius 2 is 1.90 bits per heavy atom. The summed E-state index contributed by atoms with van der Waals surface area (Å²) >= 11 is 1.94. The molecule has 29 heavy (non-hydrogen) atoms. The van der Waals surface area contributed by atoms with Crippen LogP contribution in [-0.2, 0) is 4.79 Å². The first-order valence-electron chi connectivity index (χ1n) is 10.3. The number of carbonyl (C=O) groups excluding carboxylic acids is 1. The summed E-state index contributed by atoms with van der Waals surface area (Å²) in [5.41, 5.74) is 2.11. The molecular weight excluding hydrogens is 380 g/mol. The molecule has 1 heterocycles. The van der Waals surface area contributed by atoms with Crippen molar-refractivity contribution in [1.29, 1.82) is 0 Å². The molecule has 1 amide bonds. The van der Waals surface area contributed by atoms with Crippen molar-refractivity contribution in [2.75, 3.05) is 25.0 Å². The standard InChI is InChI=1S/C23H28N4OS/c1-2-24-22(26-16-23(12-13-23)29-18-8-4-3-5-9-18)25-15-17-14-21(28)27-20-11-7-6-10-19(17)20/h3-11,17H,2,12-16H2,1H3,(H,27,28)(H2,24,25,26). The van der Waals surface area contributed by atoms with Gasteiger partial charge in [0.1, 0.15) is 0 Å². The Morgan fingerprint density at radius 1 is 1.14 bits per heavy atom. The second-order valence-corrected chi connectivity index (χ2v) is 9.25. The highest BCUT2D eigenvalue weighted by atomic mass is 32.2. The summed E-state index contributed by atoms with van der Waals surface area (Å²) in [7, 11) is 0. The van der Waals surface area contributed by atoms with E-state index in [4.69, 9.17) is 4.99 Å². The van der Waals surface area contributed by atoms with Gasteiger partial charge in [-0.25, -0.2) is 0 Å². The quantitative estimate of drug-likeness (QED) is 0.479. The number of amides is 1. The Labute approximate surface area is 176 Å². The lowest BCUT2D eigenvalue weighted by atomic mass is 9.90. The highest BCUT2D eigenvalue weighted by Gasteiger charge is 2.43. The van der Waals surface area contributed by atoms with Crippen LogP contribution in [-0.4, -0.2) is 36.2 Å². The van der Waals surface area contributed by atoms with Gasteiger partial charge in [-0.15, -0.1) is 11.8 Å². The highest BCUT2D eigenvalue weighted by Crippen LogP contribution is 2.51. The van der Waals surface area contributed by atoms with Crippen LogP contribution < -0.4 is 16.0 Å². The van der Waals surface area contributed by atoms with Crippen LogP contribution in [0.3, 0.4) is 0 Å². The van der Waals surface area contributed by atoms with Gasteiger partial charge < -0.3 is 16.0 Å². The van der Waals surface area contributed by atoms with Crippen molar-refractivity contribution < 1.29 is 4.79 Å². The molecule has 152 valence electrons. The molecule has 3 N–H and O–H groups in total. The van der Waals surface area contributed by atoms with E-state index in [2.05, 4.69) is 59.3 Å². The number of anilines is 1. The van der Waals surface area contributed by atoms with Crippen molar-refractivity contribution in [1.82, 2.24) is 10.6 Å². The third kappa shape index (κ3) is 5.12. The lowest BCUT2D eigenvalue weighted by Crippen LogP contribution is -2.41. The predicted octanol–water partition coefficient (Wildman–Crippen LogP) is 3.99. The van der Waals surface area contributed by atoms with Gasteiger partial charge in [-0.1, -0.05) is 36.4 Å². The van der Waals surface area contributed by atoms with Gasteiger partial charge in [-0.3, -0.25) is 9.79 Å². The number of nitrogens with one attached hydrogen (secondary N) is 3. The molecule has 4 rings (SSSR count). The van der Waals surface area contributed by atoms with Crippen LogP contribution in [0.25, 0.3) is 0 Å². The number of carbonyl (C=O) groups is 1. The molecule has 1 saturated carbocycles. The first-order chi connectivity index (χ1) is 14.2. The van der Waals surface area contributed by atoms with Crippen molar-refractivity contribution >= 4 is 29.3 Å². The zero-order chi connectivity index (χ0) is 20.1. The second-order valence-electron chi connectivity index (χ2n) is 7.71. The topological polar surface area (TPSA) is 65.5 Å². The Balaban J connectivity index is 1.39. The lowest BCUT2D eigenvalue weighted by molar-refractivity contribution is -0.116. The van der Waals surface area contributed by atoms with E-state index in [-0.39, 0.29) is 16.6 Å². The van der Waals surface area contributed by atoms with E-state index in [1.807, 2.05) is 30.0 Å². The molecule has 0 bridgehead atoms. The van der Waals surface area contributed by atoms with Gasteiger partial charge >= 0.3 is 0 Å². The van der Waals surface area contributed by atoms with Gasteiger partial charge in [0.2, 0.25) is 5.91 Å². The Hall–Kier alpha value is -2.47. The van der Waals surface area contributed by atoms with Crippen LogP contribution in [0.5, 0.6) is 0 Å². The predicted molar refractivity (Wildman–Crippen MR) is 121 cm³/mol. The number of thioether (sulfide) groups is 1. The molecule has 1 atom stereocenters. The minimum atomic E-state index is 0.0774. The summed E-state index contributed by atoms with van der Waals surface area (Å²) in [5, 5.41) is 9.78. The number of rotatable bonds is 7. The first-order valence-corrected chi connectivity index (χ1v) is 11.1. The van der Waals surface area contributed by atoms with Crippen molar-refractivity contribution in [2.24, 2.45) is 4.99 Å². The summed E-state index contributed by atoms with van der Waals surface area (Å²) in [6.07, 6.45) is 2.90. The zero-order valence-electron chi connectivity index (χ0n) is 16.8. The maximum atomic E-state index is 12.1. The number of benzene rings is 2. The average Bonchev–Trinajstić information content (AvgIpc) is 3.50. The molecule has 1 aliphatic heterocycles. The fourth-order valence-electron chi connectivity index (χ4n) is 3.64. The Kier molecular flexibility index (Phi) is 6.09. The number of para-hydroxylation sites is 1. The van der Waals surface area contributed by atoms with Crippen LogP contribution in [0.15, 0.2) is 64.5 Å². The van der Waals surface area contributed by atoms with Crippen LogP contribution >= 0.6 is 11.8 Å². The summed E-state index contributed by atoms with van der Waals surface area (Å²) in [6.45, 7) is 4.37. The largest absolute Gasteiger partial charge is 0.357 e. The molecule has 1 unspecified atom stereocenters. The van der Waals surface area contributed by atoms with Gasteiger partial charge in [0.25, 0.3) is 0 Å². The third-order valence-electron chi connectivity index (χ3n) is 5.38. The molecule has 1 fully saturated rings. The lowest BCUT2D eigenvalue weighted by Gasteiger charge is -2.26. The summed E-state index contributed by atoms with van der Waals surface area (Å²) < 4.78 is 0.223. The van der Waals surface area contributed by atoms with Gasteiger partial charge in [-0.05, 0) is 43.5 Å². The number of nitrogens with zero attached hydrogens (tertiary/aromatic N) is 1. The molecule has 0 aromatic heterocycles. The number of fused-ring (bicyclic) bond motifs is 1. The van der Waals surface area contributed by atoms with Crippen molar-refractivity contribution in [3.63, 3.8) is 0 Å². The molecule has 1 aliphatic carbocycles. The van der Waals surface area contributed by atoms with Crippen molar-refractivity contribution in [3.8, 4) is 0 Å². The maximum absolute atomic E-state index is 12.1. The molecular formula is C23H28N4OS. The van der Waals surface area contributed by atoms with E-state index in [1.54, 1.807) is 0 Å². The van der Waals surface area contributed by atoms with E-state index in [0.717, 1.165) is 24.7 Å². The number of aliphatic imine (C=N–C) groups is 1. The van der Waals surface area contributed by atoms with Gasteiger partial charge in [0.15, 0.2) is 5.96 Å². The molecule has 2 aromatic carbocycles.